The molecule has 7 nitrogen and oxygen atoms in total. The summed E-state index contributed by atoms with van der Waals surface area (Å²) in [7, 11) is 0. The molecule has 0 aliphatic carbocycles. The van der Waals surface area contributed by atoms with Gasteiger partial charge in [0.1, 0.15) is 5.82 Å². The summed E-state index contributed by atoms with van der Waals surface area (Å²) in [6.07, 6.45) is 5.94. The Balaban J connectivity index is 0.000000125. The van der Waals surface area contributed by atoms with Gasteiger partial charge in [-0.25, -0.2) is 15.0 Å². The van der Waals surface area contributed by atoms with Crippen molar-refractivity contribution in [3.05, 3.63) is 128 Å². The standard InChI is InChI=1S/C11H13N.3C10H12N2/c1-9(2)12-8-7-10-5-3-4-6-11(10)12;2*1-8(2)12-7-11-9-5-3-4-6-10(9)12;1-7(2)10-11-8-5-3-4-6-9(8)12-10/h3-9H,1-2H3;2*3-8H,1-2H3;3-7H,1-2H3,(H,11,12). The van der Waals surface area contributed by atoms with E-state index in [1.54, 1.807) is 0 Å². The van der Waals surface area contributed by atoms with Gasteiger partial charge in [0.2, 0.25) is 0 Å². The van der Waals surface area contributed by atoms with Crippen molar-refractivity contribution in [2.75, 3.05) is 0 Å². The van der Waals surface area contributed by atoms with Crippen molar-refractivity contribution in [1.29, 1.82) is 0 Å². The lowest BCUT2D eigenvalue weighted by Crippen LogP contribution is -1.97. The number of H-pyrrole nitrogens is 1. The summed E-state index contributed by atoms with van der Waals surface area (Å²) < 4.78 is 6.64. The lowest BCUT2D eigenvalue weighted by Gasteiger charge is -2.08. The maximum Gasteiger partial charge on any atom is 0.109 e. The summed E-state index contributed by atoms with van der Waals surface area (Å²) in [5.41, 5.74) is 8.09. The minimum atomic E-state index is 0.470. The quantitative estimate of drug-likeness (QED) is 0.208. The van der Waals surface area contributed by atoms with Crippen LogP contribution < -0.4 is 0 Å². The molecule has 8 aromatic rings. The van der Waals surface area contributed by atoms with Crippen molar-refractivity contribution in [2.24, 2.45) is 0 Å². The van der Waals surface area contributed by atoms with E-state index >= 15 is 0 Å². The molecule has 1 N–H and O–H groups in total. The maximum atomic E-state index is 4.46. The zero-order valence-corrected chi connectivity index (χ0v) is 29.5. The molecule has 248 valence electrons. The number of aromatic amines is 1. The second-order valence-corrected chi connectivity index (χ2v) is 13.1. The fourth-order valence-electron chi connectivity index (χ4n) is 5.58. The third-order valence-electron chi connectivity index (χ3n) is 8.22. The zero-order valence-electron chi connectivity index (χ0n) is 29.5. The van der Waals surface area contributed by atoms with Crippen LogP contribution in [0.25, 0.3) is 44.0 Å². The molecule has 0 aliphatic rings. The first kappa shape index (κ1) is 34.2. The highest BCUT2D eigenvalue weighted by atomic mass is 15.1. The van der Waals surface area contributed by atoms with Gasteiger partial charge in [0.15, 0.2) is 0 Å². The van der Waals surface area contributed by atoms with E-state index in [9.17, 15) is 0 Å². The molecule has 4 aromatic carbocycles. The van der Waals surface area contributed by atoms with Gasteiger partial charge in [-0.15, -0.1) is 0 Å². The first-order valence-electron chi connectivity index (χ1n) is 17.0. The Bertz CT molecular complexity index is 1940. The van der Waals surface area contributed by atoms with Gasteiger partial charge in [0.25, 0.3) is 0 Å². The fourth-order valence-corrected chi connectivity index (χ4v) is 5.58. The third kappa shape index (κ3) is 8.03. The Morgan fingerprint density at radius 2 is 0.938 bits per heavy atom. The summed E-state index contributed by atoms with van der Waals surface area (Å²) >= 11 is 0. The van der Waals surface area contributed by atoms with Crippen LogP contribution in [0.5, 0.6) is 0 Å². The van der Waals surface area contributed by atoms with Crippen LogP contribution in [-0.4, -0.2) is 33.6 Å². The summed E-state index contributed by atoms with van der Waals surface area (Å²) in [4.78, 5) is 16.3. The first-order chi connectivity index (χ1) is 23.1. The lowest BCUT2D eigenvalue weighted by molar-refractivity contribution is 0.617. The number of benzene rings is 4. The van der Waals surface area contributed by atoms with Crippen molar-refractivity contribution in [2.45, 2.75) is 79.4 Å². The van der Waals surface area contributed by atoms with Gasteiger partial charge >= 0.3 is 0 Å². The molecule has 0 amide bonds. The van der Waals surface area contributed by atoms with E-state index in [0.717, 1.165) is 27.9 Å². The van der Waals surface area contributed by atoms with E-state index < -0.39 is 0 Å². The molecule has 0 bridgehead atoms. The minimum Gasteiger partial charge on any atom is -0.345 e. The molecule has 0 saturated heterocycles. The van der Waals surface area contributed by atoms with Crippen LogP contribution in [-0.2, 0) is 0 Å². The smallest absolute Gasteiger partial charge is 0.109 e. The monoisotopic (exact) mass is 639 g/mol. The van der Waals surface area contributed by atoms with Crippen molar-refractivity contribution in [3.8, 4) is 0 Å². The number of aromatic nitrogens is 7. The predicted octanol–water partition coefficient (Wildman–Crippen LogP) is 11.1. The largest absolute Gasteiger partial charge is 0.345 e. The van der Waals surface area contributed by atoms with Crippen molar-refractivity contribution < 1.29 is 0 Å². The first-order valence-corrected chi connectivity index (χ1v) is 17.0. The molecule has 48 heavy (non-hydrogen) atoms. The molecule has 4 heterocycles. The molecule has 0 atom stereocenters. The number of nitrogens with one attached hydrogen (secondary N) is 1. The van der Waals surface area contributed by atoms with E-state index in [4.69, 9.17) is 0 Å². The molecule has 0 spiro atoms. The molecular weight excluding hydrogens is 591 g/mol. The van der Waals surface area contributed by atoms with Gasteiger partial charge in [-0.2, -0.15) is 0 Å². The van der Waals surface area contributed by atoms with Crippen LogP contribution in [0, 0.1) is 0 Å². The van der Waals surface area contributed by atoms with Gasteiger partial charge in [-0.05, 0) is 95.5 Å². The highest BCUT2D eigenvalue weighted by Gasteiger charge is 2.06. The Morgan fingerprint density at radius 3 is 1.44 bits per heavy atom. The Hall–Kier alpha value is -5.17. The van der Waals surface area contributed by atoms with Gasteiger partial charge in [0, 0.05) is 35.8 Å². The molecule has 4 aromatic heterocycles. The van der Waals surface area contributed by atoms with Gasteiger partial charge in [0.05, 0.1) is 45.8 Å². The normalized spacial score (nSPS) is 11.2. The Morgan fingerprint density at radius 1 is 0.479 bits per heavy atom. The molecule has 0 unspecified atom stereocenters. The number of nitrogens with zero attached hydrogens (tertiary/aromatic N) is 6. The number of hydrogen-bond acceptors (Lipinski definition) is 3. The number of hydrogen-bond donors (Lipinski definition) is 1. The SMILES string of the molecule is CC(C)c1nc2ccccc2[nH]1.CC(C)n1ccc2ccccc21.CC(C)n1cnc2ccccc21.CC(C)n1cnc2ccccc21. The number of imidazole rings is 3. The zero-order chi connectivity index (χ0) is 34.2. The van der Waals surface area contributed by atoms with Crippen LogP contribution in [0.4, 0.5) is 0 Å². The second-order valence-electron chi connectivity index (χ2n) is 13.1. The summed E-state index contributed by atoms with van der Waals surface area (Å²) in [5.74, 6) is 1.54. The average Bonchev–Trinajstić information content (AvgIpc) is 3.89. The van der Waals surface area contributed by atoms with E-state index in [1.807, 2.05) is 73.3 Å². The summed E-state index contributed by atoms with van der Waals surface area (Å²) in [6, 6.07) is 36.6. The molecule has 0 aliphatic heterocycles. The van der Waals surface area contributed by atoms with Crippen molar-refractivity contribution in [3.63, 3.8) is 0 Å². The Kier molecular flexibility index (Phi) is 11.1. The third-order valence-corrected chi connectivity index (χ3v) is 8.22. The lowest BCUT2D eigenvalue weighted by atomic mass is 10.2. The summed E-state index contributed by atoms with van der Waals surface area (Å²) in [5, 5.41) is 1.33. The Labute approximate surface area is 284 Å². The van der Waals surface area contributed by atoms with Crippen LogP contribution in [0.2, 0.25) is 0 Å². The van der Waals surface area contributed by atoms with E-state index in [1.165, 1.54) is 21.9 Å². The van der Waals surface area contributed by atoms with E-state index in [2.05, 4.69) is 138 Å². The van der Waals surface area contributed by atoms with Crippen LogP contribution in [0.3, 0.4) is 0 Å². The molecule has 8 rings (SSSR count). The number of rotatable bonds is 4. The van der Waals surface area contributed by atoms with E-state index in [-0.39, 0.29) is 0 Å². The van der Waals surface area contributed by atoms with Crippen molar-refractivity contribution in [1.82, 2.24) is 33.6 Å². The van der Waals surface area contributed by atoms with E-state index in [0.29, 0.717) is 24.0 Å². The number of para-hydroxylation sites is 7. The number of fused-ring (bicyclic) bond motifs is 4. The van der Waals surface area contributed by atoms with Gasteiger partial charge in [-0.1, -0.05) is 68.4 Å². The van der Waals surface area contributed by atoms with Crippen molar-refractivity contribution >= 4 is 44.0 Å². The highest BCUT2D eigenvalue weighted by molar-refractivity contribution is 5.80. The fraction of sp³-hybridized carbons (Fsp3) is 0.293. The van der Waals surface area contributed by atoms with Gasteiger partial charge in [-0.3, -0.25) is 0 Å². The maximum absolute atomic E-state index is 4.46. The predicted molar refractivity (Wildman–Crippen MR) is 203 cm³/mol. The topological polar surface area (TPSA) is 69.2 Å². The molecule has 7 heteroatoms. The average molecular weight is 640 g/mol. The summed E-state index contributed by atoms with van der Waals surface area (Å²) in [6.45, 7) is 17.3. The molecular formula is C41H49N7. The van der Waals surface area contributed by atoms with Crippen LogP contribution in [0.1, 0.15) is 85.3 Å². The van der Waals surface area contributed by atoms with Crippen LogP contribution >= 0.6 is 0 Å². The highest BCUT2D eigenvalue weighted by Crippen LogP contribution is 2.20. The van der Waals surface area contributed by atoms with Crippen LogP contribution in [0.15, 0.2) is 122 Å². The second kappa shape index (κ2) is 15.6. The van der Waals surface area contributed by atoms with Gasteiger partial charge < -0.3 is 18.7 Å². The molecule has 0 saturated carbocycles. The minimum absolute atomic E-state index is 0.470. The molecule has 0 radical (unpaired) electrons. The molecule has 0 fully saturated rings.